The van der Waals surface area contributed by atoms with Gasteiger partial charge in [0.25, 0.3) is 0 Å². The predicted molar refractivity (Wildman–Crippen MR) is 37.3 cm³/mol. The molecular weight excluding hydrogens is 152 g/mol. The SMILES string of the molecule is O=[C]C1=CCC(=O)C(Cl)=C1. The van der Waals surface area contributed by atoms with E-state index >= 15 is 0 Å². The molecule has 1 aliphatic rings. The Bertz CT molecular complexity index is 238. The number of hydrogen-bond donors (Lipinski definition) is 0. The molecule has 0 fully saturated rings. The van der Waals surface area contributed by atoms with E-state index in [9.17, 15) is 9.59 Å². The number of halogens is 1. The molecule has 0 aromatic carbocycles. The third-order valence-corrected chi connectivity index (χ3v) is 1.49. The van der Waals surface area contributed by atoms with Crippen LogP contribution in [0.2, 0.25) is 0 Å². The van der Waals surface area contributed by atoms with E-state index in [0.717, 1.165) is 0 Å². The van der Waals surface area contributed by atoms with Crippen LogP contribution in [0.4, 0.5) is 0 Å². The predicted octanol–water partition coefficient (Wildman–Crippen LogP) is 1.12. The number of ketones is 1. The molecule has 0 saturated carbocycles. The third-order valence-electron chi connectivity index (χ3n) is 1.17. The minimum atomic E-state index is -0.152. The van der Waals surface area contributed by atoms with E-state index in [0.29, 0.717) is 5.57 Å². The number of allylic oxidation sites excluding steroid dienone is 4. The van der Waals surface area contributed by atoms with Crippen molar-refractivity contribution in [2.24, 2.45) is 0 Å². The Kier molecular flexibility index (Phi) is 2.02. The molecular formula is C7H4ClO2. The van der Waals surface area contributed by atoms with Gasteiger partial charge in [-0.3, -0.25) is 9.59 Å². The highest BCUT2D eigenvalue weighted by atomic mass is 35.5. The Morgan fingerprint density at radius 1 is 1.60 bits per heavy atom. The highest BCUT2D eigenvalue weighted by Crippen LogP contribution is 2.15. The Balaban J connectivity index is 2.89. The van der Waals surface area contributed by atoms with E-state index < -0.39 is 0 Å². The molecule has 0 heterocycles. The molecule has 0 bridgehead atoms. The van der Waals surface area contributed by atoms with Crippen molar-refractivity contribution in [3.05, 3.63) is 22.8 Å². The Labute approximate surface area is 63.2 Å². The lowest BCUT2D eigenvalue weighted by Gasteiger charge is -2.00. The highest BCUT2D eigenvalue weighted by Gasteiger charge is 2.10. The van der Waals surface area contributed by atoms with Crippen molar-refractivity contribution in [3.63, 3.8) is 0 Å². The summed E-state index contributed by atoms with van der Waals surface area (Å²) in [4.78, 5) is 20.7. The summed E-state index contributed by atoms with van der Waals surface area (Å²) >= 11 is 5.43. The molecule has 3 heteroatoms. The van der Waals surface area contributed by atoms with Crippen LogP contribution in [0.3, 0.4) is 0 Å². The van der Waals surface area contributed by atoms with E-state index in [4.69, 9.17) is 11.6 Å². The normalized spacial score (nSPS) is 17.9. The van der Waals surface area contributed by atoms with Crippen LogP contribution in [0.1, 0.15) is 6.42 Å². The third kappa shape index (κ3) is 1.33. The van der Waals surface area contributed by atoms with Gasteiger partial charge >= 0.3 is 0 Å². The largest absolute Gasteiger partial charge is 0.293 e. The second-order valence-corrected chi connectivity index (χ2v) is 2.29. The Morgan fingerprint density at radius 2 is 2.30 bits per heavy atom. The topological polar surface area (TPSA) is 34.1 Å². The molecule has 1 aliphatic carbocycles. The first kappa shape index (κ1) is 7.22. The smallest absolute Gasteiger partial charge is 0.233 e. The van der Waals surface area contributed by atoms with Crippen LogP contribution in [-0.4, -0.2) is 12.1 Å². The summed E-state index contributed by atoms with van der Waals surface area (Å²) in [6.07, 6.45) is 4.68. The molecule has 0 saturated heterocycles. The van der Waals surface area contributed by atoms with E-state index in [-0.39, 0.29) is 17.2 Å². The van der Waals surface area contributed by atoms with Gasteiger partial charge in [0.05, 0.1) is 5.03 Å². The Morgan fingerprint density at radius 3 is 2.80 bits per heavy atom. The maximum absolute atomic E-state index is 10.7. The molecule has 1 radical (unpaired) electrons. The molecule has 0 aliphatic heterocycles. The number of rotatable bonds is 1. The standard InChI is InChI=1S/C7H4ClO2/c8-6-3-5(4-9)1-2-7(6)10/h1,3H,2H2. The average molecular weight is 156 g/mol. The maximum Gasteiger partial charge on any atom is 0.233 e. The van der Waals surface area contributed by atoms with Gasteiger partial charge < -0.3 is 0 Å². The molecule has 1 rings (SSSR count). The summed E-state index contributed by atoms with van der Waals surface area (Å²) in [6.45, 7) is 0. The second kappa shape index (κ2) is 2.80. The molecule has 0 N–H and O–H groups in total. The molecule has 2 nitrogen and oxygen atoms in total. The maximum atomic E-state index is 10.7. The number of hydrogen-bond acceptors (Lipinski definition) is 2. The van der Waals surface area contributed by atoms with Crippen molar-refractivity contribution in [1.29, 1.82) is 0 Å². The average Bonchev–Trinajstić information content (AvgIpc) is 1.95. The fourth-order valence-corrected chi connectivity index (χ4v) is 0.842. The van der Waals surface area contributed by atoms with Gasteiger partial charge in [0, 0.05) is 12.0 Å². The fraction of sp³-hybridized carbons (Fsp3) is 0.143. The van der Waals surface area contributed by atoms with Crippen molar-refractivity contribution in [1.82, 2.24) is 0 Å². The van der Waals surface area contributed by atoms with Crippen LogP contribution in [0.15, 0.2) is 22.8 Å². The van der Waals surface area contributed by atoms with Crippen LogP contribution < -0.4 is 0 Å². The Hall–Kier alpha value is -0.890. The van der Waals surface area contributed by atoms with Crippen LogP contribution in [0.5, 0.6) is 0 Å². The van der Waals surface area contributed by atoms with Crippen LogP contribution in [0.25, 0.3) is 0 Å². The van der Waals surface area contributed by atoms with Crippen molar-refractivity contribution in [2.75, 3.05) is 0 Å². The van der Waals surface area contributed by atoms with E-state index in [1.807, 2.05) is 0 Å². The molecule has 0 aromatic rings. The van der Waals surface area contributed by atoms with Gasteiger partial charge in [-0.25, -0.2) is 0 Å². The van der Waals surface area contributed by atoms with Gasteiger partial charge in [-0.05, 0) is 6.08 Å². The van der Waals surface area contributed by atoms with Gasteiger partial charge in [-0.2, -0.15) is 0 Å². The zero-order valence-corrected chi connectivity index (χ0v) is 5.81. The summed E-state index contributed by atoms with van der Waals surface area (Å²) < 4.78 is 0. The summed E-state index contributed by atoms with van der Waals surface area (Å²) in [5.41, 5.74) is 0.351. The minimum Gasteiger partial charge on any atom is -0.293 e. The number of carbonyl (C=O) groups is 1. The molecule has 0 unspecified atom stereocenters. The van der Waals surface area contributed by atoms with Crippen molar-refractivity contribution < 1.29 is 9.59 Å². The van der Waals surface area contributed by atoms with Crippen molar-refractivity contribution in [3.8, 4) is 0 Å². The zero-order valence-electron chi connectivity index (χ0n) is 5.06. The first-order chi connectivity index (χ1) is 4.74. The van der Waals surface area contributed by atoms with Crippen LogP contribution >= 0.6 is 11.6 Å². The summed E-state index contributed by atoms with van der Waals surface area (Å²) in [5, 5.41) is 0.112. The van der Waals surface area contributed by atoms with Gasteiger partial charge in [-0.15, -0.1) is 0 Å². The molecule has 0 spiro atoms. The number of Topliss-reactive ketones (excluding diaryl/α,β-unsaturated/α-hetero) is 1. The van der Waals surface area contributed by atoms with Gasteiger partial charge in [-0.1, -0.05) is 17.7 Å². The summed E-state index contributed by atoms with van der Waals surface area (Å²) in [5.74, 6) is -0.152. The first-order valence-electron chi connectivity index (χ1n) is 2.73. The highest BCUT2D eigenvalue weighted by molar-refractivity contribution is 6.43. The van der Waals surface area contributed by atoms with E-state index in [2.05, 4.69) is 0 Å². The monoisotopic (exact) mass is 155 g/mol. The number of carbonyl (C=O) groups excluding carboxylic acids is 2. The van der Waals surface area contributed by atoms with Crippen molar-refractivity contribution in [2.45, 2.75) is 6.42 Å². The lowest BCUT2D eigenvalue weighted by Crippen LogP contribution is -2.01. The molecule has 51 valence electrons. The fourth-order valence-electron chi connectivity index (χ4n) is 0.647. The second-order valence-electron chi connectivity index (χ2n) is 1.88. The summed E-state index contributed by atoms with van der Waals surface area (Å²) in [7, 11) is 0. The first-order valence-corrected chi connectivity index (χ1v) is 3.10. The van der Waals surface area contributed by atoms with Gasteiger partial charge in [0.2, 0.25) is 6.29 Å². The van der Waals surface area contributed by atoms with Crippen LogP contribution in [0, 0.1) is 0 Å². The zero-order chi connectivity index (χ0) is 7.56. The quantitative estimate of drug-likeness (QED) is 0.569. The summed E-state index contributed by atoms with van der Waals surface area (Å²) in [6, 6.07) is 0. The van der Waals surface area contributed by atoms with Gasteiger partial charge in [0.1, 0.15) is 0 Å². The molecule has 0 aromatic heterocycles. The minimum absolute atomic E-state index is 0.112. The van der Waals surface area contributed by atoms with Crippen molar-refractivity contribution >= 4 is 23.7 Å². The molecule has 0 amide bonds. The lowest BCUT2D eigenvalue weighted by molar-refractivity contribution is -0.114. The molecule has 10 heavy (non-hydrogen) atoms. The lowest BCUT2D eigenvalue weighted by atomic mass is 10.1. The molecule has 0 atom stereocenters. The van der Waals surface area contributed by atoms with Gasteiger partial charge in [0.15, 0.2) is 5.78 Å². The van der Waals surface area contributed by atoms with E-state index in [1.165, 1.54) is 12.2 Å². The van der Waals surface area contributed by atoms with Crippen LogP contribution in [-0.2, 0) is 9.59 Å². The van der Waals surface area contributed by atoms with E-state index in [1.54, 1.807) is 6.29 Å².